The number of piperazine rings is 1. The smallest absolute Gasteiger partial charge is 0.253 e. The van der Waals surface area contributed by atoms with Crippen molar-refractivity contribution in [2.45, 2.75) is 6.54 Å². The third kappa shape index (κ3) is 4.55. The third-order valence-electron chi connectivity index (χ3n) is 4.78. The molecule has 1 saturated heterocycles. The lowest BCUT2D eigenvalue weighted by Gasteiger charge is -2.34. The summed E-state index contributed by atoms with van der Waals surface area (Å²) in [7, 11) is 0. The number of thiazole rings is 1. The van der Waals surface area contributed by atoms with Crippen LogP contribution in [0.1, 0.15) is 15.4 Å². The molecular formula is C21H19Cl2N3OS. The molecule has 1 amide bonds. The summed E-state index contributed by atoms with van der Waals surface area (Å²) in [4.78, 5) is 21.6. The van der Waals surface area contributed by atoms with E-state index in [1.165, 1.54) is 0 Å². The Balaban J connectivity index is 1.33. The largest absolute Gasteiger partial charge is 0.336 e. The van der Waals surface area contributed by atoms with Crippen LogP contribution in [0.2, 0.25) is 10.0 Å². The molecular weight excluding hydrogens is 413 g/mol. The van der Waals surface area contributed by atoms with Crippen LogP contribution in [0.5, 0.6) is 0 Å². The lowest BCUT2D eigenvalue weighted by atomic mass is 10.2. The van der Waals surface area contributed by atoms with Crippen molar-refractivity contribution < 1.29 is 4.79 Å². The quantitative estimate of drug-likeness (QED) is 0.577. The molecule has 1 fully saturated rings. The Bertz CT molecular complexity index is 966. The summed E-state index contributed by atoms with van der Waals surface area (Å²) in [6.45, 7) is 3.89. The monoisotopic (exact) mass is 431 g/mol. The van der Waals surface area contributed by atoms with Gasteiger partial charge in [0.05, 0.1) is 12.2 Å². The van der Waals surface area contributed by atoms with Gasteiger partial charge in [-0.1, -0.05) is 41.4 Å². The maximum atomic E-state index is 12.6. The van der Waals surface area contributed by atoms with Gasteiger partial charge in [-0.25, -0.2) is 4.98 Å². The molecule has 2 aromatic carbocycles. The Morgan fingerprint density at radius 2 is 1.75 bits per heavy atom. The van der Waals surface area contributed by atoms with E-state index in [2.05, 4.69) is 10.3 Å². The van der Waals surface area contributed by atoms with E-state index in [4.69, 9.17) is 28.2 Å². The van der Waals surface area contributed by atoms with Gasteiger partial charge in [0.1, 0.15) is 5.01 Å². The van der Waals surface area contributed by atoms with Crippen molar-refractivity contribution in [2.24, 2.45) is 0 Å². The van der Waals surface area contributed by atoms with E-state index < -0.39 is 0 Å². The number of hydrogen-bond donors (Lipinski definition) is 0. The third-order valence-corrected chi connectivity index (χ3v) is 6.10. The number of carbonyl (C=O) groups is 1. The van der Waals surface area contributed by atoms with Crippen molar-refractivity contribution >= 4 is 40.4 Å². The molecule has 0 bridgehead atoms. The van der Waals surface area contributed by atoms with Crippen LogP contribution in [-0.4, -0.2) is 46.9 Å². The number of nitrogens with zero attached hydrogens (tertiary/aromatic N) is 3. The molecule has 0 radical (unpaired) electrons. The van der Waals surface area contributed by atoms with Gasteiger partial charge < -0.3 is 4.90 Å². The molecule has 0 aliphatic carbocycles. The molecule has 0 spiro atoms. The van der Waals surface area contributed by atoms with Crippen LogP contribution in [-0.2, 0) is 6.54 Å². The summed E-state index contributed by atoms with van der Waals surface area (Å²) in [5, 5.41) is 4.48. The van der Waals surface area contributed by atoms with Crippen molar-refractivity contribution in [1.29, 1.82) is 0 Å². The standard InChI is InChI=1S/C21H19Cl2N3OS/c22-17-6-4-15(5-7-17)19-14-28-20(24-19)13-25-8-10-26(11-9-25)21(27)16-2-1-3-18(23)12-16/h1-7,12,14H,8-11,13H2. The number of carbonyl (C=O) groups excluding carboxylic acids is 1. The second kappa shape index (κ2) is 8.62. The molecule has 2 heterocycles. The van der Waals surface area contributed by atoms with E-state index in [-0.39, 0.29) is 5.91 Å². The first kappa shape index (κ1) is 19.4. The van der Waals surface area contributed by atoms with Gasteiger partial charge in [0, 0.05) is 52.7 Å². The summed E-state index contributed by atoms with van der Waals surface area (Å²) in [5.41, 5.74) is 2.70. The topological polar surface area (TPSA) is 36.4 Å². The molecule has 144 valence electrons. The molecule has 1 aliphatic heterocycles. The van der Waals surface area contributed by atoms with Gasteiger partial charge in [-0.3, -0.25) is 9.69 Å². The van der Waals surface area contributed by atoms with Gasteiger partial charge in [-0.05, 0) is 30.3 Å². The number of aromatic nitrogens is 1. The lowest BCUT2D eigenvalue weighted by molar-refractivity contribution is 0.0628. The van der Waals surface area contributed by atoms with Crippen molar-refractivity contribution in [3.8, 4) is 11.3 Å². The van der Waals surface area contributed by atoms with Crippen molar-refractivity contribution in [1.82, 2.24) is 14.8 Å². The fraction of sp³-hybridized carbons (Fsp3) is 0.238. The first-order valence-corrected chi connectivity index (χ1v) is 10.7. The highest BCUT2D eigenvalue weighted by atomic mass is 35.5. The van der Waals surface area contributed by atoms with E-state index in [0.717, 1.165) is 40.9 Å². The molecule has 0 atom stereocenters. The first-order valence-electron chi connectivity index (χ1n) is 9.06. The predicted octanol–water partition coefficient (Wildman–Crippen LogP) is 5.07. The van der Waals surface area contributed by atoms with Crippen LogP contribution in [0.15, 0.2) is 53.9 Å². The van der Waals surface area contributed by atoms with E-state index >= 15 is 0 Å². The minimum atomic E-state index is 0.0430. The molecule has 0 unspecified atom stereocenters. The van der Waals surface area contributed by atoms with E-state index in [1.807, 2.05) is 41.3 Å². The van der Waals surface area contributed by atoms with Crippen LogP contribution in [0.4, 0.5) is 0 Å². The lowest BCUT2D eigenvalue weighted by Crippen LogP contribution is -2.48. The molecule has 7 heteroatoms. The summed E-state index contributed by atoms with van der Waals surface area (Å²) >= 11 is 13.6. The van der Waals surface area contributed by atoms with E-state index in [0.29, 0.717) is 23.7 Å². The Hall–Kier alpha value is -1.92. The molecule has 0 N–H and O–H groups in total. The molecule has 1 aromatic heterocycles. The second-order valence-corrected chi connectivity index (χ2v) is 8.53. The Kier molecular flexibility index (Phi) is 5.97. The maximum Gasteiger partial charge on any atom is 0.253 e. The Labute approximate surface area is 178 Å². The fourth-order valence-electron chi connectivity index (χ4n) is 3.24. The van der Waals surface area contributed by atoms with Crippen LogP contribution < -0.4 is 0 Å². The summed E-state index contributed by atoms with van der Waals surface area (Å²) < 4.78 is 0. The van der Waals surface area contributed by atoms with Crippen molar-refractivity contribution in [3.63, 3.8) is 0 Å². The zero-order valence-corrected chi connectivity index (χ0v) is 17.5. The number of amides is 1. The van der Waals surface area contributed by atoms with Crippen molar-refractivity contribution in [3.05, 3.63) is 74.5 Å². The first-order chi connectivity index (χ1) is 13.6. The minimum absolute atomic E-state index is 0.0430. The van der Waals surface area contributed by atoms with Gasteiger partial charge in [0.15, 0.2) is 0 Å². The Morgan fingerprint density at radius 3 is 2.46 bits per heavy atom. The zero-order valence-electron chi connectivity index (χ0n) is 15.1. The van der Waals surface area contributed by atoms with E-state index in [1.54, 1.807) is 23.5 Å². The number of hydrogen-bond acceptors (Lipinski definition) is 4. The summed E-state index contributed by atoms with van der Waals surface area (Å²) in [6.07, 6.45) is 0. The second-order valence-electron chi connectivity index (χ2n) is 6.71. The predicted molar refractivity (Wildman–Crippen MR) is 115 cm³/mol. The summed E-state index contributed by atoms with van der Waals surface area (Å²) in [6, 6.07) is 14.9. The molecule has 1 aliphatic rings. The molecule has 0 saturated carbocycles. The molecule has 4 nitrogen and oxygen atoms in total. The number of halogens is 2. The van der Waals surface area contributed by atoms with Crippen LogP contribution >= 0.6 is 34.5 Å². The fourth-order valence-corrected chi connectivity index (χ4v) is 4.40. The average molecular weight is 432 g/mol. The normalized spacial score (nSPS) is 15.0. The average Bonchev–Trinajstić information content (AvgIpc) is 3.17. The SMILES string of the molecule is O=C(c1cccc(Cl)c1)N1CCN(Cc2nc(-c3ccc(Cl)cc3)cs2)CC1. The van der Waals surface area contributed by atoms with Gasteiger partial charge >= 0.3 is 0 Å². The van der Waals surface area contributed by atoms with E-state index in [9.17, 15) is 4.79 Å². The van der Waals surface area contributed by atoms with Crippen molar-refractivity contribution in [2.75, 3.05) is 26.2 Å². The minimum Gasteiger partial charge on any atom is -0.336 e. The van der Waals surface area contributed by atoms with Crippen LogP contribution in [0.25, 0.3) is 11.3 Å². The zero-order chi connectivity index (χ0) is 19.5. The molecule has 28 heavy (non-hydrogen) atoms. The molecule has 3 aromatic rings. The highest BCUT2D eigenvalue weighted by Crippen LogP contribution is 2.24. The highest BCUT2D eigenvalue weighted by molar-refractivity contribution is 7.09. The molecule has 4 rings (SSSR count). The van der Waals surface area contributed by atoms with Crippen LogP contribution in [0, 0.1) is 0 Å². The number of benzene rings is 2. The van der Waals surface area contributed by atoms with Crippen LogP contribution in [0.3, 0.4) is 0 Å². The van der Waals surface area contributed by atoms with Gasteiger partial charge in [0.25, 0.3) is 5.91 Å². The maximum absolute atomic E-state index is 12.6. The summed E-state index contributed by atoms with van der Waals surface area (Å²) in [5.74, 6) is 0.0430. The van der Waals surface area contributed by atoms with Gasteiger partial charge in [-0.15, -0.1) is 11.3 Å². The van der Waals surface area contributed by atoms with Gasteiger partial charge in [0.2, 0.25) is 0 Å². The van der Waals surface area contributed by atoms with Gasteiger partial charge in [-0.2, -0.15) is 0 Å². The Morgan fingerprint density at radius 1 is 1.00 bits per heavy atom. The highest BCUT2D eigenvalue weighted by Gasteiger charge is 2.23. The number of rotatable bonds is 4.